The van der Waals surface area contributed by atoms with Crippen LogP contribution in [0, 0.1) is 0 Å². The van der Waals surface area contributed by atoms with Gasteiger partial charge in [-0.15, -0.1) is 0 Å². The number of aromatic amines is 1. The van der Waals surface area contributed by atoms with Gasteiger partial charge in [-0.1, -0.05) is 18.2 Å². The standard InChI is InChI=1S/C14H19N3O/c1-18-11-8-9-17(10-11)14-12-6-4-2-3-5-7-13(12)15-16-14/h2,4,6-7,11,15H,3,5,8-10H2,1H3/b4-2+,12-6+,13-7+. The smallest absolute Gasteiger partial charge is 0.158 e. The number of methoxy groups -OCH3 is 1. The SMILES string of the molecule is COC1CCN(c2n[nH]c3/c2=C\C=C\CC\C=3)C1. The van der Waals surface area contributed by atoms with Crippen molar-refractivity contribution >= 4 is 18.0 Å². The highest BCUT2D eigenvalue weighted by molar-refractivity contribution is 5.52. The molecular weight excluding hydrogens is 226 g/mol. The highest BCUT2D eigenvalue weighted by Crippen LogP contribution is 2.15. The Balaban J connectivity index is 1.98. The Bertz CT molecular complexity index is 558. The Morgan fingerprint density at radius 2 is 2.39 bits per heavy atom. The highest BCUT2D eigenvalue weighted by Gasteiger charge is 2.24. The fraction of sp³-hybridized carbons (Fsp3) is 0.500. The number of anilines is 1. The van der Waals surface area contributed by atoms with Gasteiger partial charge in [-0.25, -0.2) is 0 Å². The van der Waals surface area contributed by atoms with Crippen LogP contribution in [0.2, 0.25) is 0 Å². The third kappa shape index (κ3) is 2.08. The van der Waals surface area contributed by atoms with E-state index in [1.54, 1.807) is 7.11 Å². The minimum Gasteiger partial charge on any atom is -0.380 e. The molecule has 96 valence electrons. The van der Waals surface area contributed by atoms with Gasteiger partial charge in [-0.05, 0) is 25.3 Å². The van der Waals surface area contributed by atoms with Gasteiger partial charge < -0.3 is 9.64 Å². The minimum atomic E-state index is 0.338. The molecule has 1 atom stereocenters. The summed E-state index contributed by atoms with van der Waals surface area (Å²) in [6, 6.07) is 0. The molecule has 1 fully saturated rings. The molecule has 0 bridgehead atoms. The van der Waals surface area contributed by atoms with Crippen LogP contribution in [0.25, 0.3) is 12.2 Å². The third-order valence-electron chi connectivity index (χ3n) is 3.67. The van der Waals surface area contributed by atoms with E-state index in [-0.39, 0.29) is 0 Å². The van der Waals surface area contributed by atoms with Crippen LogP contribution in [0.3, 0.4) is 0 Å². The second kappa shape index (κ2) is 4.98. The molecular formula is C14H19N3O. The summed E-state index contributed by atoms with van der Waals surface area (Å²) in [5, 5.41) is 9.99. The van der Waals surface area contributed by atoms with Crippen LogP contribution in [0.4, 0.5) is 5.82 Å². The molecule has 0 saturated carbocycles. The van der Waals surface area contributed by atoms with E-state index in [1.807, 2.05) is 0 Å². The average molecular weight is 245 g/mol. The van der Waals surface area contributed by atoms with Crippen LogP contribution in [-0.2, 0) is 4.74 Å². The molecule has 1 aromatic heterocycles. The number of nitrogens with zero attached hydrogens (tertiary/aromatic N) is 2. The van der Waals surface area contributed by atoms with E-state index in [9.17, 15) is 0 Å². The fourth-order valence-corrected chi connectivity index (χ4v) is 2.61. The number of H-pyrrole nitrogens is 1. The predicted molar refractivity (Wildman–Crippen MR) is 72.8 cm³/mol. The fourth-order valence-electron chi connectivity index (χ4n) is 2.61. The maximum atomic E-state index is 5.42. The van der Waals surface area contributed by atoms with Crippen LogP contribution >= 0.6 is 0 Å². The van der Waals surface area contributed by atoms with E-state index < -0.39 is 0 Å². The Hall–Kier alpha value is -1.55. The van der Waals surface area contributed by atoms with Crippen molar-refractivity contribution in [1.82, 2.24) is 10.2 Å². The monoisotopic (exact) mass is 245 g/mol. The molecule has 2 aliphatic rings. The van der Waals surface area contributed by atoms with Crippen molar-refractivity contribution < 1.29 is 4.74 Å². The molecule has 1 unspecified atom stereocenters. The zero-order valence-electron chi connectivity index (χ0n) is 10.7. The van der Waals surface area contributed by atoms with Gasteiger partial charge in [0.15, 0.2) is 5.82 Å². The van der Waals surface area contributed by atoms with Crippen molar-refractivity contribution in [2.24, 2.45) is 0 Å². The Morgan fingerprint density at radius 1 is 1.44 bits per heavy atom. The van der Waals surface area contributed by atoms with Crippen molar-refractivity contribution in [3.8, 4) is 0 Å². The minimum absolute atomic E-state index is 0.338. The molecule has 1 N–H and O–H groups in total. The van der Waals surface area contributed by atoms with E-state index >= 15 is 0 Å². The molecule has 1 aliphatic heterocycles. The Labute approximate surface area is 107 Å². The van der Waals surface area contributed by atoms with Crippen LogP contribution in [0.5, 0.6) is 0 Å². The summed E-state index contributed by atoms with van der Waals surface area (Å²) < 4.78 is 5.42. The predicted octanol–water partition coefficient (Wildman–Crippen LogP) is 0.546. The number of ether oxygens (including phenoxy) is 1. The first-order chi connectivity index (χ1) is 8.88. The molecule has 0 radical (unpaired) electrons. The summed E-state index contributed by atoms with van der Waals surface area (Å²) in [7, 11) is 1.78. The van der Waals surface area contributed by atoms with E-state index in [1.165, 1.54) is 5.22 Å². The number of aromatic nitrogens is 2. The van der Waals surface area contributed by atoms with Gasteiger partial charge in [0.05, 0.1) is 11.5 Å². The van der Waals surface area contributed by atoms with Crippen molar-refractivity contribution in [3.63, 3.8) is 0 Å². The number of rotatable bonds is 2. The molecule has 2 heterocycles. The maximum absolute atomic E-state index is 5.42. The second-order valence-corrected chi connectivity index (χ2v) is 4.84. The van der Waals surface area contributed by atoms with Crippen molar-refractivity contribution in [2.75, 3.05) is 25.1 Å². The number of hydrogen-bond donors (Lipinski definition) is 1. The first-order valence-corrected chi connectivity index (χ1v) is 6.57. The zero-order chi connectivity index (χ0) is 12.4. The zero-order valence-corrected chi connectivity index (χ0v) is 10.7. The van der Waals surface area contributed by atoms with Crippen molar-refractivity contribution in [2.45, 2.75) is 25.4 Å². The molecule has 18 heavy (non-hydrogen) atoms. The number of allylic oxidation sites excluding steroid dienone is 2. The van der Waals surface area contributed by atoms with Gasteiger partial charge in [-0.2, -0.15) is 5.10 Å². The summed E-state index contributed by atoms with van der Waals surface area (Å²) in [6.07, 6.45) is 12.3. The molecule has 3 rings (SSSR count). The number of nitrogens with one attached hydrogen (secondary N) is 1. The first kappa shape index (κ1) is 11.5. The van der Waals surface area contributed by atoms with Crippen LogP contribution in [0.1, 0.15) is 19.3 Å². The quantitative estimate of drug-likeness (QED) is 0.827. The summed E-state index contributed by atoms with van der Waals surface area (Å²) in [5.74, 6) is 1.06. The van der Waals surface area contributed by atoms with E-state index in [2.05, 4.69) is 39.4 Å². The third-order valence-corrected chi connectivity index (χ3v) is 3.67. The van der Waals surface area contributed by atoms with Gasteiger partial charge >= 0.3 is 0 Å². The molecule has 1 aliphatic carbocycles. The summed E-state index contributed by atoms with van der Waals surface area (Å²) in [5.41, 5.74) is 0. The van der Waals surface area contributed by atoms with Gasteiger partial charge in [0.2, 0.25) is 0 Å². The normalized spacial score (nSPS) is 28.5. The first-order valence-electron chi connectivity index (χ1n) is 6.57. The second-order valence-electron chi connectivity index (χ2n) is 4.84. The number of hydrogen-bond acceptors (Lipinski definition) is 3. The van der Waals surface area contributed by atoms with Crippen LogP contribution in [0.15, 0.2) is 12.2 Å². The number of fused-ring (bicyclic) bond motifs is 1. The lowest BCUT2D eigenvalue weighted by Gasteiger charge is -2.14. The van der Waals surface area contributed by atoms with Gasteiger partial charge in [0, 0.05) is 25.4 Å². The maximum Gasteiger partial charge on any atom is 0.158 e. The van der Waals surface area contributed by atoms with Crippen LogP contribution < -0.4 is 15.5 Å². The topological polar surface area (TPSA) is 41.1 Å². The molecule has 1 saturated heterocycles. The van der Waals surface area contributed by atoms with Gasteiger partial charge in [-0.3, -0.25) is 5.10 Å². The lowest BCUT2D eigenvalue weighted by molar-refractivity contribution is 0.121. The van der Waals surface area contributed by atoms with E-state index in [4.69, 9.17) is 4.74 Å². The molecule has 0 amide bonds. The largest absolute Gasteiger partial charge is 0.380 e. The molecule has 0 aromatic carbocycles. The Kier molecular flexibility index (Phi) is 3.19. The lowest BCUT2D eigenvalue weighted by Crippen LogP contribution is -2.31. The Morgan fingerprint density at radius 3 is 3.22 bits per heavy atom. The molecule has 4 heteroatoms. The molecule has 4 nitrogen and oxygen atoms in total. The van der Waals surface area contributed by atoms with Gasteiger partial charge in [0.1, 0.15) is 0 Å². The van der Waals surface area contributed by atoms with Gasteiger partial charge in [0.25, 0.3) is 0 Å². The lowest BCUT2D eigenvalue weighted by atomic mass is 10.2. The summed E-state index contributed by atoms with van der Waals surface area (Å²) in [4.78, 5) is 2.31. The summed E-state index contributed by atoms with van der Waals surface area (Å²) >= 11 is 0. The molecule has 0 spiro atoms. The molecule has 1 aromatic rings. The summed E-state index contributed by atoms with van der Waals surface area (Å²) in [6.45, 7) is 1.96. The average Bonchev–Trinajstić information content (AvgIpc) is 2.95. The van der Waals surface area contributed by atoms with E-state index in [0.29, 0.717) is 6.10 Å². The van der Waals surface area contributed by atoms with Crippen molar-refractivity contribution in [1.29, 1.82) is 0 Å². The van der Waals surface area contributed by atoms with Crippen LogP contribution in [-0.4, -0.2) is 36.5 Å². The highest BCUT2D eigenvalue weighted by atomic mass is 16.5. The van der Waals surface area contributed by atoms with Crippen molar-refractivity contribution in [3.05, 3.63) is 22.7 Å². The van der Waals surface area contributed by atoms with E-state index in [0.717, 1.165) is 43.5 Å².